The van der Waals surface area contributed by atoms with Crippen molar-refractivity contribution in [3.8, 4) is 0 Å². The molecular weight excluding hydrogens is 314 g/mol. The number of likely N-dealkylation sites (tertiary alicyclic amines) is 1. The van der Waals surface area contributed by atoms with E-state index in [-0.39, 0.29) is 17.9 Å². The molecule has 1 fully saturated rings. The van der Waals surface area contributed by atoms with E-state index < -0.39 is 0 Å². The zero-order valence-electron chi connectivity index (χ0n) is 14.5. The molecule has 132 valence electrons. The number of aromatic nitrogens is 2. The Morgan fingerprint density at radius 2 is 1.92 bits per heavy atom. The van der Waals surface area contributed by atoms with Gasteiger partial charge in [-0.3, -0.25) is 4.79 Å². The first-order valence-electron chi connectivity index (χ1n) is 8.78. The number of carbonyl (C=O) groups excluding carboxylic acids is 1. The number of carbonyl (C=O) groups is 1. The van der Waals surface area contributed by atoms with Crippen molar-refractivity contribution >= 4 is 11.7 Å². The molecule has 3 rings (SSSR count). The Labute approximate surface area is 148 Å². The molecule has 1 aromatic carbocycles. The molecule has 0 bridgehead atoms. The standard InChI is InChI=1S/C19H25N5O/c1-14(18(20)15-6-3-2-4-7-15)19(25)24-12-9-16(10-13-24)22-17-8-5-11-21-23-17/h2-8,11,14,16,18H,9-10,12-13,20H2,1H3,(H,22,23). The summed E-state index contributed by atoms with van der Waals surface area (Å²) >= 11 is 0. The maximum atomic E-state index is 12.8. The highest BCUT2D eigenvalue weighted by Crippen LogP contribution is 2.23. The molecule has 3 N–H and O–H groups in total. The predicted molar refractivity (Wildman–Crippen MR) is 97.8 cm³/mol. The zero-order chi connectivity index (χ0) is 17.6. The summed E-state index contributed by atoms with van der Waals surface area (Å²) in [5.74, 6) is 0.688. The number of hydrogen-bond acceptors (Lipinski definition) is 5. The number of nitrogens with two attached hydrogens (primary N) is 1. The monoisotopic (exact) mass is 339 g/mol. The third-order valence-electron chi connectivity index (χ3n) is 4.84. The van der Waals surface area contributed by atoms with Gasteiger partial charge in [0.2, 0.25) is 5.91 Å². The zero-order valence-corrected chi connectivity index (χ0v) is 14.5. The van der Waals surface area contributed by atoms with E-state index in [1.54, 1.807) is 6.20 Å². The molecule has 1 aliphatic heterocycles. The van der Waals surface area contributed by atoms with Crippen LogP contribution in [0.5, 0.6) is 0 Å². The number of nitrogens with one attached hydrogen (secondary N) is 1. The maximum Gasteiger partial charge on any atom is 0.227 e. The van der Waals surface area contributed by atoms with Crippen LogP contribution in [0.2, 0.25) is 0 Å². The van der Waals surface area contributed by atoms with Gasteiger partial charge in [0.05, 0.1) is 5.92 Å². The molecule has 0 radical (unpaired) electrons. The summed E-state index contributed by atoms with van der Waals surface area (Å²) in [4.78, 5) is 14.7. The van der Waals surface area contributed by atoms with E-state index in [2.05, 4.69) is 15.5 Å². The second-order valence-corrected chi connectivity index (χ2v) is 6.58. The van der Waals surface area contributed by atoms with Crippen LogP contribution in [0.15, 0.2) is 48.7 Å². The van der Waals surface area contributed by atoms with Gasteiger partial charge >= 0.3 is 0 Å². The van der Waals surface area contributed by atoms with Crippen LogP contribution < -0.4 is 11.1 Å². The Balaban J connectivity index is 1.52. The van der Waals surface area contributed by atoms with E-state index in [0.717, 1.165) is 37.3 Å². The summed E-state index contributed by atoms with van der Waals surface area (Å²) in [7, 11) is 0. The fourth-order valence-electron chi connectivity index (χ4n) is 3.24. The van der Waals surface area contributed by atoms with E-state index in [1.165, 1.54) is 0 Å². The van der Waals surface area contributed by atoms with Gasteiger partial charge < -0.3 is 16.0 Å². The fraction of sp³-hybridized carbons (Fsp3) is 0.421. The highest BCUT2D eigenvalue weighted by Gasteiger charge is 2.29. The smallest absolute Gasteiger partial charge is 0.227 e. The SMILES string of the molecule is CC(C(=O)N1CCC(Nc2cccnn2)CC1)C(N)c1ccccc1. The molecule has 2 atom stereocenters. The number of rotatable bonds is 5. The largest absolute Gasteiger partial charge is 0.366 e. The average Bonchev–Trinajstić information content (AvgIpc) is 2.68. The Morgan fingerprint density at radius 1 is 1.20 bits per heavy atom. The first-order valence-corrected chi connectivity index (χ1v) is 8.78. The molecule has 0 aliphatic carbocycles. The van der Waals surface area contributed by atoms with Gasteiger partial charge in [0.1, 0.15) is 5.82 Å². The van der Waals surface area contributed by atoms with Gasteiger partial charge in [0.25, 0.3) is 0 Å². The van der Waals surface area contributed by atoms with Crippen LogP contribution in [0, 0.1) is 5.92 Å². The fourth-order valence-corrected chi connectivity index (χ4v) is 3.24. The van der Waals surface area contributed by atoms with Gasteiger partial charge in [-0.05, 0) is 30.5 Å². The predicted octanol–water partition coefficient (Wildman–Crippen LogP) is 2.22. The van der Waals surface area contributed by atoms with Gasteiger partial charge in [-0.15, -0.1) is 5.10 Å². The van der Waals surface area contributed by atoms with Gasteiger partial charge in [0.15, 0.2) is 0 Å². The number of benzene rings is 1. The first-order chi connectivity index (χ1) is 12.1. The lowest BCUT2D eigenvalue weighted by molar-refractivity contribution is -0.136. The lowest BCUT2D eigenvalue weighted by Gasteiger charge is -2.35. The van der Waals surface area contributed by atoms with Gasteiger partial charge in [0, 0.05) is 31.4 Å². The van der Waals surface area contributed by atoms with E-state index in [1.807, 2.05) is 54.3 Å². The van der Waals surface area contributed by atoms with Crippen molar-refractivity contribution in [1.29, 1.82) is 0 Å². The van der Waals surface area contributed by atoms with Crippen LogP contribution in [-0.2, 0) is 4.79 Å². The molecule has 0 saturated carbocycles. The Bertz CT molecular complexity index is 671. The van der Waals surface area contributed by atoms with E-state index in [0.29, 0.717) is 6.04 Å². The minimum Gasteiger partial charge on any atom is -0.366 e. The van der Waals surface area contributed by atoms with Crippen molar-refractivity contribution in [2.75, 3.05) is 18.4 Å². The molecule has 2 aromatic rings. The topological polar surface area (TPSA) is 84.1 Å². The highest BCUT2D eigenvalue weighted by molar-refractivity contribution is 5.79. The molecule has 1 saturated heterocycles. The van der Waals surface area contributed by atoms with E-state index in [9.17, 15) is 4.79 Å². The molecule has 6 nitrogen and oxygen atoms in total. The van der Waals surface area contributed by atoms with Crippen LogP contribution in [0.4, 0.5) is 5.82 Å². The Kier molecular flexibility index (Phi) is 5.60. The number of piperidine rings is 1. The molecule has 0 spiro atoms. The summed E-state index contributed by atoms with van der Waals surface area (Å²) in [6.07, 6.45) is 3.45. The minimum atomic E-state index is -0.274. The van der Waals surface area contributed by atoms with Crippen LogP contribution in [0.25, 0.3) is 0 Å². The van der Waals surface area contributed by atoms with Crippen LogP contribution in [0.1, 0.15) is 31.4 Å². The molecular formula is C19H25N5O. The number of amides is 1. The van der Waals surface area contributed by atoms with E-state index in [4.69, 9.17) is 5.73 Å². The van der Waals surface area contributed by atoms with Crippen LogP contribution >= 0.6 is 0 Å². The van der Waals surface area contributed by atoms with E-state index >= 15 is 0 Å². The third kappa shape index (κ3) is 4.33. The van der Waals surface area contributed by atoms with Crippen molar-refractivity contribution < 1.29 is 4.79 Å². The molecule has 1 aromatic heterocycles. The molecule has 2 heterocycles. The lowest BCUT2D eigenvalue weighted by Crippen LogP contribution is -2.46. The molecule has 2 unspecified atom stereocenters. The minimum absolute atomic E-state index is 0.134. The molecule has 25 heavy (non-hydrogen) atoms. The second kappa shape index (κ2) is 8.07. The number of anilines is 1. The molecule has 1 aliphatic rings. The highest BCUT2D eigenvalue weighted by atomic mass is 16.2. The summed E-state index contributed by atoms with van der Waals surface area (Å²) in [5.41, 5.74) is 7.30. The van der Waals surface area contributed by atoms with Gasteiger partial charge in [-0.1, -0.05) is 37.3 Å². The van der Waals surface area contributed by atoms with Crippen LogP contribution in [-0.4, -0.2) is 40.1 Å². The summed E-state index contributed by atoms with van der Waals surface area (Å²) < 4.78 is 0. The van der Waals surface area contributed by atoms with Crippen LogP contribution in [0.3, 0.4) is 0 Å². The Morgan fingerprint density at radius 3 is 2.56 bits per heavy atom. The van der Waals surface area contributed by atoms with Gasteiger partial charge in [-0.2, -0.15) is 5.10 Å². The third-order valence-corrected chi connectivity index (χ3v) is 4.84. The van der Waals surface area contributed by atoms with Crippen molar-refractivity contribution in [2.45, 2.75) is 31.8 Å². The average molecular weight is 339 g/mol. The number of hydrogen-bond donors (Lipinski definition) is 2. The maximum absolute atomic E-state index is 12.8. The van der Waals surface area contributed by atoms with Crippen molar-refractivity contribution in [2.24, 2.45) is 11.7 Å². The summed E-state index contributed by atoms with van der Waals surface area (Å²) in [6.45, 7) is 3.40. The first kappa shape index (κ1) is 17.4. The molecule has 1 amide bonds. The lowest BCUT2D eigenvalue weighted by atomic mass is 9.93. The molecule has 6 heteroatoms. The van der Waals surface area contributed by atoms with Crippen molar-refractivity contribution in [1.82, 2.24) is 15.1 Å². The van der Waals surface area contributed by atoms with Crippen molar-refractivity contribution in [3.05, 3.63) is 54.2 Å². The Hall–Kier alpha value is -2.47. The van der Waals surface area contributed by atoms with Crippen molar-refractivity contribution in [3.63, 3.8) is 0 Å². The second-order valence-electron chi connectivity index (χ2n) is 6.58. The quantitative estimate of drug-likeness (QED) is 0.872. The van der Waals surface area contributed by atoms with Gasteiger partial charge in [-0.25, -0.2) is 0 Å². The summed E-state index contributed by atoms with van der Waals surface area (Å²) in [6, 6.07) is 13.6. The number of nitrogens with zero attached hydrogens (tertiary/aromatic N) is 3. The summed E-state index contributed by atoms with van der Waals surface area (Å²) in [5, 5.41) is 11.3. The normalized spacial score (nSPS) is 17.8.